The standard InChI is InChI=1S/C11H11ClFN3O3/c1-17-7-4-6(15-11(12)16-10(4)14)5(13)8(18-2)9(7)19-3/h1-3H3,(H2,14,15,16). The summed E-state index contributed by atoms with van der Waals surface area (Å²) in [4.78, 5) is 7.58. The van der Waals surface area contributed by atoms with E-state index in [2.05, 4.69) is 9.97 Å². The smallest absolute Gasteiger partial charge is 0.225 e. The fourth-order valence-electron chi connectivity index (χ4n) is 1.82. The average molecular weight is 288 g/mol. The molecule has 0 saturated heterocycles. The Morgan fingerprint density at radius 2 is 1.58 bits per heavy atom. The largest absolute Gasteiger partial charge is 0.492 e. The van der Waals surface area contributed by atoms with Crippen molar-refractivity contribution in [3.05, 3.63) is 11.1 Å². The van der Waals surface area contributed by atoms with Crippen molar-refractivity contribution in [3.8, 4) is 17.2 Å². The van der Waals surface area contributed by atoms with Crippen molar-refractivity contribution < 1.29 is 18.6 Å². The fourth-order valence-corrected chi connectivity index (χ4v) is 1.99. The van der Waals surface area contributed by atoms with Gasteiger partial charge >= 0.3 is 0 Å². The summed E-state index contributed by atoms with van der Waals surface area (Å²) in [7, 11) is 4.06. The SMILES string of the molecule is COc1c(OC)c(OC)c2c(N)nc(Cl)nc2c1F. The maximum atomic E-state index is 14.3. The van der Waals surface area contributed by atoms with Crippen LogP contribution in [0.2, 0.25) is 5.28 Å². The molecule has 8 heteroatoms. The molecule has 0 aliphatic heterocycles. The molecule has 1 aromatic carbocycles. The van der Waals surface area contributed by atoms with Gasteiger partial charge in [-0.15, -0.1) is 0 Å². The number of nitrogen functional groups attached to an aromatic ring is 1. The van der Waals surface area contributed by atoms with Gasteiger partial charge in [0.1, 0.15) is 11.3 Å². The van der Waals surface area contributed by atoms with Gasteiger partial charge in [0.2, 0.25) is 16.8 Å². The Bertz CT molecular complexity index is 651. The molecule has 0 aliphatic rings. The molecule has 0 spiro atoms. The van der Waals surface area contributed by atoms with E-state index in [-0.39, 0.29) is 39.3 Å². The van der Waals surface area contributed by atoms with Gasteiger partial charge in [-0.1, -0.05) is 0 Å². The van der Waals surface area contributed by atoms with Crippen molar-refractivity contribution in [1.82, 2.24) is 9.97 Å². The van der Waals surface area contributed by atoms with Crippen molar-refractivity contribution in [2.24, 2.45) is 0 Å². The molecular formula is C11H11ClFN3O3. The van der Waals surface area contributed by atoms with Gasteiger partial charge in [0.05, 0.1) is 26.7 Å². The molecule has 0 unspecified atom stereocenters. The summed E-state index contributed by atoms with van der Waals surface area (Å²) in [5, 5.41) is 0.0141. The molecule has 0 saturated carbocycles. The number of methoxy groups -OCH3 is 3. The molecule has 1 aromatic heterocycles. The first-order valence-corrected chi connectivity index (χ1v) is 5.53. The number of fused-ring (bicyclic) bond motifs is 1. The summed E-state index contributed by atoms with van der Waals surface area (Å²) in [5.74, 6) is -0.628. The van der Waals surface area contributed by atoms with E-state index < -0.39 is 5.82 Å². The highest BCUT2D eigenvalue weighted by Crippen LogP contribution is 2.46. The van der Waals surface area contributed by atoms with Crippen LogP contribution in [-0.4, -0.2) is 31.3 Å². The summed E-state index contributed by atoms with van der Waals surface area (Å²) < 4.78 is 29.6. The molecule has 6 nitrogen and oxygen atoms in total. The third kappa shape index (κ3) is 1.95. The zero-order valence-corrected chi connectivity index (χ0v) is 11.2. The first-order valence-electron chi connectivity index (χ1n) is 5.15. The molecule has 19 heavy (non-hydrogen) atoms. The van der Waals surface area contributed by atoms with Gasteiger partial charge in [-0.05, 0) is 11.6 Å². The minimum atomic E-state index is -0.744. The van der Waals surface area contributed by atoms with Gasteiger partial charge in [-0.25, -0.2) is 14.4 Å². The minimum absolute atomic E-state index is 0.00768. The Morgan fingerprint density at radius 3 is 2.11 bits per heavy atom. The molecule has 0 aliphatic carbocycles. The monoisotopic (exact) mass is 287 g/mol. The zero-order chi connectivity index (χ0) is 14.2. The first kappa shape index (κ1) is 13.4. The number of anilines is 1. The number of hydrogen-bond donors (Lipinski definition) is 1. The third-order valence-corrected chi connectivity index (χ3v) is 2.74. The summed E-state index contributed by atoms with van der Waals surface area (Å²) in [5.41, 5.74) is 5.65. The number of rotatable bonds is 3. The molecule has 0 atom stereocenters. The van der Waals surface area contributed by atoms with Gasteiger partial charge in [-0.3, -0.25) is 0 Å². The van der Waals surface area contributed by atoms with Crippen LogP contribution >= 0.6 is 11.6 Å². The van der Waals surface area contributed by atoms with Crippen LogP contribution in [0.4, 0.5) is 10.2 Å². The Balaban J connectivity index is 3.03. The van der Waals surface area contributed by atoms with Crippen LogP contribution in [0.5, 0.6) is 17.2 Å². The van der Waals surface area contributed by atoms with E-state index in [1.807, 2.05) is 0 Å². The summed E-state index contributed by atoms with van der Waals surface area (Å²) >= 11 is 5.68. The summed E-state index contributed by atoms with van der Waals surface area (Å²) in [6.07, 6.45) is 0. The second kappa shape index (κ2) is 4.93. The topological polar surface area (TPSA) is 79.5 Å². The molecule has 0 amide bonds. The molecule has 1 heterocycles. The normalized spacial score (nSPS) is 10.6. The van der Waals surface area contributed by atoms with Crippen LogP contribution in [0.3, 0.4) is 0 Å². The van der Waals surface area contributed by atoms with Crippen LogP contribution in [-0.2, 0) is 0 Å². The average Bonchev–Trinajstić information content (AvgIpc) is 2.38. The molecule has 0 bridgehead atoms. The molecule has 2 N–H and O–H groups in total. The minimum Gasteiger partial charge on any atom is -0.492 e. The second-order valence-electron chi connectivity index (χ2n) is 3.52. The van der Waals surface area contributed by atoms with Crippen LogP contribution in [0.1, 0.15) is 0 Å². The predicted octanol–water partition coefficient (Wildman–Crippen LogP) is 2.03. The maximum absolute atomic E-state index is 14.3. The van der Waals surface area contributed by atoms with Gasteiger partial charge in [0.15, 0.2) is 11.6 Å². The Kier molecular flexibility index (Phi) is 3.48. The van der Waals surface area contributed by atoms with Gasteiger partial charge in [0.25, 0.3) is 0 Å². The predicted molar refractivity (Wildman–Crippen MR) is 68.6 cm³/mol. The third-order valence-electron chi connectivity index (χ3n) is 2.57. The van der Waals surface area contributed by atoms with Crippen molar-refractivity contribution in [1.29, 1.82) is 0 Å². The zero-order valence-electron chi connectivity index (χ0n) is 10.5. The highest BCUT2D eigenvalue weighted by molar-refractivity contribution is 6.29. The fraction of sp³-hybridized carbons (Fsp3) is 0.273. The van der Waals surface area contributed by atoms with Crippen molar-refractivity contribution in [2.45, 2.75) is 0 Å². The lowest BCUT2D eigenvalue weighted by molar-refractivity contribution is 0.316. The highest BCUT2D eigenvalue weighted by Gasteiger charge is 2.25. The number of hydrogen-bond acceptors (Lipinski definition) is 6. The highest BCUT2D eigenvalue weighted by atomic mass is 35.5. The van der Waals surface area contributed by atoms with Gasteiger partial charge in [-0.2, -0.15) is 0 Å². The van der Waals surface area contributed by atoms with E-state index in [9.17, 15) is 4.39 Å². The van der Waals surface area contributed by atoms with Crippen molar-refractivity contribution in [2.75, 3.05) is 27.1 Å². The second-order valence-corrected chi connectivity index (χ2v) is 3.85. The van der Waals surface area contributed by atoms with Crippen LogP contribution in [0, 0.1) is 5.82 Å². The number of aromatic nitrogens is 2. The van der Waals surface area contributed by atoms with Gasteiger partial charge < -0.3 is 19.9 Å². The van der Waals surface area contributed by atoms with Crippen LogP contribution in [0.25, 0.3) is 10.9 Å². The quantitative estimate of drug-likeness (QED) is 0.870. The van der Waals surface area contributed by atoms with Gasteiger partial charge in [0, 0.05) is 0 Å². The van der Waals surface area contributed by atoms with Crippen molar-refractivity contribution in [3.63, 3.8) is 0 Å². The molecular weight excluding hydrogens is 277 g/mol. The number of nitrogens with two attached hydrogens (primary N) is 1. The number of halogens is 2. The molecule has 0 radical (unpaired) electrons. The molecule has 0 fully saturated rings. The van der Waals surface area contributed by atoms with Crippen molar-refractivity contribution >= 4 is 28.3 Å². The summed E-state index contributed by atoms with van der Waals surface area (Å²) in [6, 6.07) is 0. The van der Waals surface area contributed by atoms with Crippen LogP contribution in [0.15, 0.2) is 0 Å². The lowest BCUT2D eigenvalue weighted by Crippen LogP contribution is -2.04. The maximum Gasteiger partial charge on any atom is 0.225 e. The van der Waals surface area contributed by atoms with E-state index in [1.54, 1.807) is 0 Å². The first-order chi connectivity index (χ1) is 9.04. The van der Waals surface area contributed by atoms with Crippen LogP contribution < -0.4 is 19.9 Å². The van der Waals surface area contributed by atoms with E-state index in [0.29, 0.717) is 0 Å². The Morgan fingerprint density at radius 1 is 1.00 bits per heavy atom. The number of nitrogens with zero attached hydrogens (tertiary/aromatic N) is 2. The van der Waals surface area contributed by atoms with E-state index in [4.69, 9.17) is 31.5 Å². The molecule has 102 valence electrons. The number of benzene rings is 1. The lowest BCUT2D eigenvalue weighted by Gasteiger charge is -2.16. The van der Waals surface area contributed by atoms with E-state index >= 15 is 0 Å². The molecule has 2 rings (SSSR count). The Hall–Kier alpha value is -2.02. The Labute approximate surface area is 113 Å². The number of ether oxygens (including phenoxy) is 3. The molecule has 2 aromatic rings. The summed E-state index contributed by atoms with van der Waals surface area (Å²) in [6.45, 7) is 0. The van der Waals surface area contributed by atoms with E-state index in [1.165, 1.54) is 21.3 Å². The lowest BCUT2D eigenvalue weighted by atomic mass is 10.1. The van der Waals surface area contributed by atoms with E-state index in [0.717, 1.165) is 0 Å².